The maximum atomic E-state index is 12.7. The van der Waals surface area contributed by atoms with Gasteiger partial charge in [0.05, 0.1) is 5.92 Å². The maximum absolute atomic E-state index is 12.7. The van der Waals surface area contributed by atoms with Gasteiger partial charge in [0.15, 0.2) is 0 Å². The molecule has 1 saturated carbocycles. The first-order valence-corrected chi connectivity index (χ1v) is 9.79. The van der Waals surface area contributed by atoms with Gasteiger partial charge in [-0.2, -0.15) is 18.4 Å². The van der Waals surface area contributed by atoms with Gasteiger partial charge in [0.25, 0.3) is 0 Å². The van der Waals surface area contributed by atoms with E-state index in [1.165, 1.54) is 0 Å². The van der Waals surface area contributed by atoms with Crippen molar-refractivity contribution in [3.05, 3.63) is 71.3 Å². The Morgan fingerprint density at radius 1 is 1.16 bits per heavy atom. The number of allylic oxidation sites excluding steroid dienone is 2. The molecule has 4 nitrogen and oxygen atoms in total. The molecule has 0 N–H and O–H groups in total. The van der Waals surface area contributed by atoms with Crippen LogP contribution in [-0.2, 0) is 9.53 Å². The fourth-order valence-corrected chi connectivity index (χ4v) is 3.55. The van der Waals surface area contributed by atoms with Crippen molar-refractivity contribution in [2.45, 2.75) is 26.1 Å². The van der Waals surface area contributed by atoms with Gasteiger partial charge < -0.3 is 9.47 Å². The lowest BCUT2D eigenvalue weighted by atomic mass is 10.1. The summed E-state index contributed by atoms with van der Waals surface area (Å²) in [7, 11) is 0. The Bertz CT molecular complexity index is 1030. The van der Waals surface area contributed by atoms with E-state index >= 15 is 0 Å². The fraction of sp³-hybridized carbons (Fsp3) is 0.304. The fourth-order valence-electron chi connectivity index (χ4n) is 3.42. The first-order valence-electron chi connectivity index (χ1n) is 9.41. The molecular weight excluding hydrogens is 431 g/mol. The third-order valence-corrected chi connectivity index (χ3v) is 5.59. The molecule has 2 aromatic rings. The lowest BCUT2D eigenvalue weighted by molar-refractivity contribution is -0.149. The van der Waals surface area contributed by atoms with E-state index in [1.54, 1.807) is 50.2 Å². The zero-order valence-corrected chi connectivity index (χ0v) is 17.4. The molecular formula is C23H19ClF3NO3. The van der Waals surface area contributed by atoms with Crippen LogP contribution in [0.1, 0.15) is 25.5 Å². The van der Waals surface area contributed by atoms with Gasteiger partial charge in [-0.1, -0.05) is 61.9 Å². The Kier molecular flexibility index (Phi) is 6.33. The highest BCUT2D eigenvalue weighted by Gasteiger charge is 2.62. The highest BCUT2D eigenvalue weighted by atomic mass is 35.5. The molecule has 0 heterocycles. The highest BCUT2D eigenvalue weighted by Crippen LogP contribution is 2.60. The topological polar surface area (TPSA) is 59.3 Å². The average molecular weight is 450 g/mol. The van der Waals surface area contributed by atoms with Gasteiger partial charge >= 0.3 is 12.1 Å². The normalized spacial score (nSPS) is 21.0. The number of carbonyl (C=O) groups is 1. The SMILES string of the molecule is CC1(C)[C@@H](/C=C(\Cl)C(F)(F)F)[C@@H]1C(=O)O[C@@H](C#N)c1cccc(Oc2ccccc2)c1. The zero-order chi connectivity index (χ0) is 22.8. The Morgan fingerprint density at radius 2 is 1.81 bits per heavy atom. The number of nitriles is 1. The molecule has 0 unspecified atom stereocenters. The van der Waals surface area contributed by atoms with E-state index in [2.05, 4.69) is 0 Å². The van der Waals surface area contributed by atoms with Crippen LogP contribution < -0.4 is 4.74 Å². The third-order valence-electron chi connectivity index (χ3n) is 5.25. The van der Waals surface area contributed by atoms with Gasteiger partial charge in [0.1, 0.15) is 22.6 Å². The molecule has 1 aliphatic carbocycles. The van der Waals surface area contributed by atoms with E-state index in [1.807, 2.05) is 24.3 Å². The summed E-state index contributed by atoms with van der Waals surface area (Å²) >= 11 is 5.32. The Labute approximate surface area is 182 Å². The van der Waals surface area contributed by atoms with Gasteiger partial charge in [0.2, 0.25) is 6.10 Å². The van der Waals surface area contributed by atoms with Crippen LogP contribution in [0.4, 0.5) is 13.2 Å². The van der Waals surface area contributed by atoms with Crippen molar-refractivity contribution >= 4 is 17.6 Å². The van der Waals surface area contributed by atoms with E-state index < -0.39 is 40.5 Å². The molecule has 0 radical (unpaired) electrons. The van der Waals surface area contributed by atoms with Gasteiger partial charge in [0, 0.05) is 5.56 Å². The zero-order valence-electron chi connectivity index (χ0n) is 16.7. The lowest BCUT2D eigenvalue weighted by Crippen LogP contribution is -2.14. The Morgan fingerprint density at radius 3 is 2.42 bits per heavy atom. The van der Waals surface area contributed by atoms with Crippen LogP contribution in [0.5, 0.6) is 11.5 Å². The first-order chi connectivity index (χ1) is 14.5. The van der Waals surface area contributed by atoms with Crippen molar-refractivity contribution in [2.24, 2.45) is 17.3 Å². The molecule has 162 valence electrons. The predicted molar refractivity (Wildman–Crippen MR) is 108 cm³/mol. The summed E-state index contributed by atoms with van der Waals surface area (Å²) in [4.78, 5) is 12.6. The molecule has 3 rings (SSSR count). The summed E-state index contributed by atoms with van der Waals surface area (Å²) < 4.78 is 49.2. The molecule has 0 amide bonds. The van der Waals surface area contributed by atoms with Gasteiger partial charge in [-0.05, 0) is 35.6 Å². The smallest absolute Gasteiger partial charge is 0.426 e. The maximum Gasteiger partial charge on any atom is 0.426 e. The number of esters is 1. The van der Waals surface area contributed by atoms with Crippen LogP contribution >= 0.6 is 11.6 Å². The lowest BCUT2D eigenvalue weighted by Gasteiger charge is -2.13. The minimum atomic E-state index is -4.68. The van der Waals surface area contributed by atoms with Crippen LogP contribution in [0.3, 0.4) is 0 Å². The number of halogens is 4. The van der Waals surface area contributed by atoms with Crippen molar-refractivity contribution < 1.29 is 27.4 Å². The molecule has 0 spiro atoms. The van der Waals surface area contributed by atoms with Crippen molar-refractivity contribution in [1.82, 2.24) is 0 Å². The van der Waals surface area contributed by atoms with Crippen molar-refractivity contribution in [2.75, 3.05) is 0 Å². The van der Waals surface area contributed by atoms with Crippen molar-refractivity contribution in [1.29, 1.82) is 5.26 Å². The number of carbonyl (C=O) groups excluding carboxylic acids is 1. The second-order valence-corrected chi connectivity index (χ2v) is 8.18. The molecule has 3 atom stereocenters. The Balaban J connectivity index is 1.72. The second kappa shape index (κ2) is 8.64. The van der Waals surface area contributed by atoms with E-state index in [4.69, 9.17) is 21.1 Å². The quantitative estimate of drug-likeness (QED) is 0.469. The van der Waals surface area contributed by atoms with E-state index in [9.17, 15) is 23.2 Å². The Hall–Kier alpha value is -2.98. The summed E-state index contributed by atoms with van der Waals surface area (Å²) in [6.07, 6.45) is -5.07. The molecule has 1 aliphatic rings. The van der Waals surface area contributed by atoms with E-state index in [0.29, 0.717) is 17.1 Å². The van der Waals surface area contributed by atoms with Crippen molar-refractivity contribution in [3.63, 3.8) is 0 Å². The second-order valence-electron chi connectivity index (χ2n) is 7.77. The summed E-state index contributed by atoms with van der Waals surface area (Å²) in [5.74, 6) is -1.27. The molecule has 2 aromatic carbocycles. The summed E-state index contributed by atoms with van der Waals surface area (Å²) in [6.45, 7) is 3.30. The summed E-state index contributed by atoms with van der Waals surface area (Å²) in [5.41, 5.74) is -0.371. The van der Waals surface area contributed by atoms with Crippen LogP contribution in [-0.4, -0.2) is 12.1 Å². The average Bonchev–Trinajstić information content (AvgIpc) is 3.26. The van der Waals surface area contributed by atoms with Gasteiger partial charge in [-0.3, -0.25) is 4.79 Å². The van der Waals surface area contributed by atoms with Crippen LogP contribution in [0.15, 0.2) is 65.7 Å². The number of nitrogens with zero attached hydrogens (tertiary/aromatic N) is 1. The molecule has 8 heteroatoms. The number of benzene rings is 2. The number of alkyl halides is 3. The molecule has 0 bridgehead atoms. The van der Waals surface area contributed by atoms with Crippen LogP contribution in [0, 0.1) is 28.6 Å². The summed E-state index contributed by atoms with van der Waals surface area (Å²) in [5, 5.41) is 8.23. The standard InChI is InChI=1S/C23H19ClF3NO3/c1-22(2)17(12-19(24)23(25,26)27)20(22)21(29)31-18(13-28)14-7-6-10-16(11-14)30-15-8-4-3-5-9-15/h3-12,17-18,20H,1-2H3/b19-12-/t17-,18-,20+/m0/s1. The largest absolute Gasteiger partial charge is 0.457 e. The van der Waals surface area contributed by atoms with Gasteiger partial charge in [-0.25, -0.2) is 0 Å². The third kappa shape index (κ3) is 5.20. The number of hydrogen-bond acceptors (Lipinski definition) is 4. The monoisotopic (exact) mass is 449 g/mol. The molecule has 0 aliphatic heterocycles. The van der Waals surface area contributed by atoms with Crippen molar-refractivity contribution in [3.8, 4) is 17.6 Å². The number of ether oxygens (including phenoxy) is 2. The minimum Gasteiger partial charge on any atom is -0.457 e. The summed E-state index contributed by atoms with van der Waals surface area (Å²) in [6, 6.07) is 17.4. The number of hydrogen-bond donors (Lipinski definition) is 0. The van der Waals surface area contributed by atoms with E-state index in [-0.39, 0.29) is 0 Å². The van der Waals surface area contributed by atoms with Crippen LogP contribution in [0.2, 0.25) is 0 Å². The van der Waals surface area contributed by atoms with Crippen LogP contribution in [0.25, 0.3) is 0 Å². The van der Waals surface area contributed by atoms with Gasteiger partial charge in [-0.15, -0.1) is 0 Å². The molecule has 1 fully saturated rings. The first kappa shape index (κ1) is 22.7. The molecule has 0 aromatic heterocycles. The number of para-hydroxylation sites is 1. The number of rotatable bonds is 6. The predicted octanol–water partition coefficient (Wildman–Crippen LogP) is 6.54. The minimum absolute atomic E-state index is 0.392. The molecule has 0 saturated heterocycles. The van der Waals surface area contributed by atoms with E-state index in [0.717, 1.165) is 6.08 Å². The highest BCUT2D eigenvalue weighted by molar-refractivity contribution is 6.30. The molecule has 31 heavy (non-hydrogen) atoms.